The lowest BCUT2D eigenvalue weighted by Gasteiger charge is -2.17. The van der Waals surface area contributed by atoms with E-state index in [2.05, 4.69) is 19.2 Å². The number of ether oxygens (including phenoxy) is 2. The van der Waals surface area contributed by atoms with Crippen LogP contribution in [0.1, 0.15) is 42.1 Å². The van der Waals surface area contributed by atoms with Crippen molar-refractivity contribution in [2.45, 2.75) is 26.2 Å². The minimum atomic E-state index is -0.241. The molecule has 2 aromatic carbocycles. The Morgan fingerprint density at radius 1 is 1.04 bits per heavy atom. The molecule has 0 heterocycles. The lowest BCUT2D eigenvalue weighted by Crippen LogP contribution is -2.16. The molecule has 2 rings (SSSR count). The zero-order valence-electron chi connectivity index (χ0n) is 14.1. The van der Waals surface area contributed by atoms with E-state index < -0.39 is 0 Å². The van der Waals surface area contributed by atoms with Gasteiger partial charge in [0.05, 0.1) is 14.2 Å². The number of carbonyl (C=O) groups excluding carboxylic acids is 1. The molecule has 4 nitrogen and oxygen atoms in total. The van der Waals surface area contributed by atoms with Gasteiger partial charge in [0.1, 0.15) is 17.1 Å². The number of methoxy groups -OCH3 is 2. The molecule has 2 aromatic rings. The van der Waals surface area contributed by atoms with Crippen LogP contribution in [-0.4, -0.2) is 20.1 Å². The van der Waals surface area contributed by atoms with Gasteiger partial charge in [-0.3, -0.25) is 4.79 Å². The van der Waals surface area contributed by atoms with E-state index in [0.29, 0.717) is 23.0 Å². The van der Waals surface area contributed by atoms with Crippen LogP contribution in [0.3, 0.4) is 0 Å². The topological polar surface area (TPSA) is 47.6 Å². The van der Waals surface area contributed by atoms with E-state index >= 15 is 0 Å². The van der Waals surface area contributed by atoms with E-state index in [-0.39, 0.29) is 5.91 Å². The highest BCUT2D eigenvalue weighted by Gasteiger charge is 2.19. The van der Waals surface area contributed by atoms with E-state index in [1.165, 1.54) is 0 Å². The Kier molecular flexibility index (Phi) is 5.63. The normalized spacial score (nSPS) is 11.7. The molecule has 0 spiro atoms. The first-order chi connectivity index (χ1) is 11.1. The van der Waals surface area contributed by atoms with Crippen molar-refractivity contribution in [2.24, 2.45) is 0 Å². The van der Waals surface area contributed by atoms with Crippen molar-refractivity contribution < 1.29 is 14.3 Å². The molecule has 1 atom stereocenters. The second-order valence-electron chi connectivity index (χ2n) is 5.39. The van der Waals surface area contributed by atoms with E-state index in [0.717, 1.165) is 17.7 Å². The number of benzene rings is 2. The summed E-state index contributed by atoms with van der Waals surface area (Å²) in [5, 5.41) is 2.99. The second kappa shape index (κ2) is 7.68. The van der Waals surface area contributed by atoms with Crippen molar-refractivity contribution in [3.63, 3.8) is 0 Å². The molecule has 0 aliphatic heterocycles. The van der Waals surface area contributed by atoms with Gasteiger partial charge in [-0.15, -0.1) is 0 Å². The summed E-state index contributed by atoms with van der Waals surface area (Å²) in [4.78, 5) is 12.8. The summed E-state index contributed by atoms with van der Waals surface area (Å²) in [6.45, 7) is 4.28. The average Bonchev–Trinajstić information content (AvgIpc) is 2.60. The molecule has 1 amide bonds. The number of rotatable bonds is 6. The van der Waals surface area contributed by atoms with Crippen LogP contribution < -0.4 is 14.8 Å². The molecule has 0 unspecified atom stereocenters. The van der Waals surface area contributed by atoms with Crippen molar-refractivity contribution in [2.75, 3.05) is 19.5 Å². The highest BCUT2D eigenvalue weighted by molar-refractivity contribution is 6.08. The molecule has 0 fully saturated rings. The average molecular weight is 313 g/mol. The monoisotopic (exact) mass is 313 g/mol. The summed E-state index contributed by atoms with van der Waals surface area (Å²) in [5.74, 6) is 1.10. The van der Waals surface area contributed by atoms with Crippen molar-refractivity contribution in [1.82, 2.24) is 0 Å². The fourth-order valence-electron chi connectivity index (χ4n) is 2.52. The van der Waals surface area contributed by atoms with Gasteiger partial charge < -0.3 is 14.8 Å². The molecule has 0 aliphatic rings. The minimum Gasteiger partial charge on any atom is -0.496 e. The molecular weight excluding hydrogens is 290 g/mol. The fourth-order valence-corrected chi connectivity index (χ4v) is 2.52. The molecule has 0 radical (unpaired) electrons. The number of carbonyl (C=O) groups is 1. The van der Waals surface area contributed by atoms with Gasteiger partial charge in [0.25, 0.3) is 5.91 Å². The highest BCUT2D eigenvalue weighted by Crippen LogP contribution is 2.31. The Balaban J connectivity index is 2.38. The number of para-hydroxylation sites is 1. The van der Waals surface area contributed by atoms with E-state index in [1.54, 1.807) is 32.4 Å². The summed E-state index contributed by atoms with van der Waals surface area (Å²) in [5.41, 5.74) is 2.34. The standard InChI is InChI=1S/C19H23NO3/c1-5-13(2)14-9-6-7-10-15(14)20-19(21)18-16(22-3)11-8-12-17(18)23-4/h6-13H,5H2,1-4H3,(H,20,21)/t13-/m0/s1. The van der Waals surface area contributed by atoms with Gasteiger partial charge in [-0.2, -0.15) is 0 Å². The van der Waals surface area contributed by atoms with Crippen LogP contribution in [0.5, 0.6) is 11.5 Å². The van der Waals surface area contributed by atoms with Gasteiger partial charge in [-0.25, -0.2) is 0 Å². The molecule has 0 saturated carbocycles. The van der Waals surface area contributed by atoms with Crippen LogP contribution in [0.15, 0.2) is 42.5 Å². The van der Waals surface area contributed by atoms with Crippen LogP contribution >= 0.6 is 0 Å². The number of hydrogen-bond donors (Lipinski definition) is 1. The van der Waals surface area contributed by atoms with Gasteiger partial charge >= 0.3 is 0 Å². The number of amides is 1. The smallest absolute Gasteiger partial charge is 0.263 e. The van der Waals surface area contributed by atoms with Crippen molar-refractivity contribution in [3.8, 4) is 11.5 Å². The van der Waals surface area contributed by atoms with Crippen LogP contribution in [-0.2, 0) is 0 Å². The lowest BCUT2D eigenvalue weighted by molar-refractivity contribution is 0.102. The van der Waals surface area contributed by atoms with Crippen molar-refractivity contribution >= 4 is 11.6 Å². The molecule has 0 aliphatic carbocycles. The zero-order chi connectivity index (χ0) is 16.8. The summed E-state index contributed by atoms with van der Waals surface area (Å²) in [7, 11) is 3.08. The van der Waals surface area contributed by atoms with E-state index in [1.807, 2.05) is 24.3 Å². The maximum absolute atomic E-state index is 12.8. The maximum atomic E-state index is 12.8. The Bertz CT molecular complexity index is 660. The number of hydrogen-bond acceptors (Lipinski definition) is 3. The summed E-state index contributed by atoms with van der Waals surface area (Å²) in [6.07, 6.45) is 1.00. The van der Waals surface area contributed by atoms with Crippen molar-refractivity contribution in [3.05, 3.63) is 53.6 Å². The molecule has 1 N–H and O–H groups in total. The summed E-state index contributed by atoms with van der Waals surface area (Å²) in [6, 6.07) is 13.2. The Labute approximate surface area is 137 Å². The molecule has 0 saturated heterocycles. The third-order valence-electron chi connectivity index (χ3n) is 4.01. The highest BCUT2D eigenvalue weighted by atomic mass is 16.5. The predicted molar refractivity (Wildman–Crippen MR) is 92.6 cm³/mol. The van der Waals surface area contributed by atoms with Crippen LogP contribution in [0.2, 0.25) is 0 Å². The Morgan fingerprint density at radius 3 is 2.22 bits per heavy atom. The first-order valence-corrected chi connectivity index (χ1v) is 7.73. The predicted octanol–water partition coefficient (Wildman–Crippen LogP) is 4.47. The molecule has 122 valence electrons. The lowest BCUT2D eigenvalue weighted by atomic mass is 9.96. The largest absolute Gasteiger partial charge is 0.496 e. The maximum Gasteiger partial charge on any atom is 0.263 e. The van der Waals surface area contributed by atoms with Gasteiger partial charge in [-0.1, -0.05) is 38.1 Å². The fraction of sp³-hybridized carbons (Fsp3) is 0.316. The summed E-state index contributed by atoms with van der Waals surface area (Å²) >= 11 is 0. The quantitative estimate of drug-likeness (QED) is 0.856. The van der Waals surface area contributed by atoms with Gasteiger partial charge in [-0.05, 0) is 36.1 Å². The zero-order valence-corrected chi connectivity index (χ0v) is 14.1. The SMILES string of the molecule is CC[C@H](C)c1ccccc1NC(=O)c1c(OC)cccc1OC. The second-order valence-corrected chi connectivity index (χ2v) is 5.39. The third-order valence-corrected chi connectivity index (χ3v) is 4.01. The third kappa shape index (κ3) is 3.65. The molecule has 0 bridgehead atoms. The van der Waals surface area contributed by atoms with Crippen LogP contribution in [0, 0.1) is 0 Å². The van der Waals surface area contributed by atoms with Gasteiger partial charge in [0.2, 0.25) is 0 Å². The molecule has 0 aromatic heterocycles. The Hall–Kier alpha value is -2.49. The first-order valence-electron chi connectivity index (χ1n) is 7.73. The van der Waals surface area contributed by atoms with E-state index in [9.17, 15) is 4.79 Å². The van der Waals surface area contributed by atoms with Gasteiger partial charge in [0.15, 0.2) is 0 Å². The number of anilines is 1. The first kappa shape index (κ1) is 16.9. The van der Waals surface area contributed by atoms with E-state index in [4.69, 9.17) is 9.47 Å². The molecular formula is C19H23NO3. The van der Waals surface area contributed by atoms with Crippen LogP contribution in [0.25, 0.3) is 0 Å². The molecule has 23 heavy (non-hydrogen) atoms. The van der Waals surface area contributed by atoms with Crippen LogP contribution in [0.4, 0.5) is 5.69 Å². The Morgan fingerprint density at radius 2 is 1.65 bits per heavy atom. The number of nitrogens with one attached hydrogen (secondary N) is 1. The van der Waals surface area contributed by atoms with Crippen molar-refractivity contribution in [1.29, 1.82) is 0 Å². The summed E-state index contributed by atoms with van der Waals surface area (Å²) < 4.78 is 10.6. The molecule has 4 heteroatoms. The van der Waals surface area contributed by atoms with Gasteiger partial charge in [0, 0.05) is 5.69 Å². The minimum absolute atomic E-state index is 0.241.